The third-order valence-electron chi connectivity index (χ3n) is 3.72. The van der Waals surface area contributed by atoms with Gasteiger partial charge in [0.1, 0.15) is 0 Å². The molecular weight excluding hydrogens is 337 g/mol. The van der Waals surface area contributed by atoms with Crippen molar-refractivity contribution in [1.82, 2.24) is 10.6 Å². The Labute approximate surface area is 153 Å². The topological polar surface area (TPSA) is 24.1 Å². The molecule has 0 aliphatic carbocycles. The van der Waals surface area contributed by atoms with Gasteiger partial charge in [-0.15, -0.1) is 0 Å². The second-order valence-corrected chi connectivity index (χ2v) is 5.80. The molecule has 140 valence electrons. The SMILES string of the molecule is C=Cc1cc(C(=C)NC)cc(-c2ccc(C)c(C(F)(F)F)c2)c1.CNC. The van der Waals surface area contributed by atoms with Gasteiger partial charge < -0.3 is 10.6 Å². The zero-order valence-corrected chi connectivity index (χ0v) is 15.6. The summed E-state index contributed by atoms with van der Waals surface area (Å²) in [7, 11) is 5.50. The van der Waals surface area contributed by atoms with E-state index in [0.29, 0.717) is 16.8 Å². The summed E-state index contributed by atoms with van der Waals surface area (Å²) in [5.41, 5.74) is 3.13. The molecule has 2 N–H and O–H groups in total. The Hall–Kier alpha value is -2.53. The van der Waals surface area contributed by atoms with Crippen molar-refractivity contribution in [3.8, 4) is 11.1 Å². The first kappa shape index (κ1) is 21.5. The van der Waals surface area contributed by atoms with Gasteiger partial charge in [-0.3, -0.25) is 0 Å². The van der Waals surface area contributed by atoms with Crippen molar-refractivity contribution >= 4 is 11.8 Å². The molecule has 0 atom stereocenters. The average Bonchev–Trinajstić information content (AvgIpc) is 2.60. The fourth-order valence-corrected chi connectivity index (χ4v) is 2.36. The Morgan fingerprint density at radius 2 is 1.62 bits per heavy atom. The van der Waals surface area contributed by atoms with Crippen LogP contribution in [0.2, 0.25) is 0 Å². The van der Waals surface area contributed by atoms with E-state index in [9.17, 15) is 13.2 Å². The maximum absolute atomic E-state index is 13.1. The first-order valence-electron chi connectivity index (χ1n) is 8.09. The highest BCUT2D eigenvalue weighted by atomic mass is 19.4. The second kappa shape index (κ2) is 9.25. The monoisotopic (exact) mass is 362 g/mol. The Morgan fingerprint density at radius 3 is 2.12 bits per heavy atom. The van der Waals surface area contributed by atoms with Crippen molar-refractivity contribution in [2.45, 2.75) is 13.1 Å². The number of alkyl halides is 3. The molecule has 2 nitrogen and oxygen atoms in total. The van der Waals surface area contributed by atoms with E-state index in [0.717, 1.165) is 11.1 Å². The molecule has 0 radical (unpaired) electrons. The summed E-state index contributed by atoms with van der Waals surface area (Å²) in [5.74, 6) is 0. The predicted molar refractivity (Wildman–Crippen MR) is 105 cm³/mol. The molecule has 0 aliphatic heterocycles. The normalized spacial score (nSPS) is 10.6. The highest BCUT2D eigenvalue weighted by molar-refractivity contribution is 5.75. The summed E-state index contributed by atoms with van der Waals surface area (Å²) >= 11 is 0. The van der Waals surface area contributed by atoms with Crippen LogP contribution in [0.1, 0.15) is 22.3 Å². The molecule has 0 heterocycles. The van der Waals surface area contributed by atoms with Gasteiger partial charge in [-0.1, -0.05) is 31.4 Å². The highest BCUT2D eigenvalue weighted by Gasteiger charge is 2.32. The van der Waals surface area contributed by atoms with E-state index in [-0.39, 0.29) is 5.56 Å². The molecule has 26 heavy (non-hydrogen) atoms. The quantitative estimate of drug-likeness (QED) is 0.766. The van der Waals surface area contributed by atoms with Gasteiger partial charge in [-0.05, 0) is 73.1 Å². The Bertz CT molecular complexity index is 777. The minimum absolute atomic E-state index is 0.209. The molecule has 0 saturated heterocycles. The molecule has 0 fully saturated rings. The van der Waals surface area contributed by atoms with E-state index in [2.05, 4.69) is 23.8 Å². The number of aryl methyl sites for hydroxylation is 1. The number of halogens is 3. The fraction of sp³-hybridized carbons (Fsp3) is 0.238. The Balaban J connectivity index is 0.00000105. The van der Waals surface area contributed by atoms with Crippen LogP contribution in [0.3, 0.4) is 0 Å². The summed E-state index contributed by atoms with van der Waals surface area (Å²) in [6, 6.07) is 9.88. The van der Waals surface area contributed by atoms with E-state index in [1.165, 1.54) is 19.1 Å². The summed E-state index contributed by atoms with van der Waals surface area (Å²) in [4.78, 5) is 0. The summed E-state index contributed by atoms with van der Waals surface area (Å²) in [5, 5.41) is 5.70. The minimum atomic E-state index is -4.37. The van der Waals surface area contributed by atoms with E-state index < -0.39 is 11.7 Å². The first-order valence-corrected chi connectivity index (χ1v) is 8.09. The first-order chi connectivity index (χ1) is 12.2. The molecule has 0 bridgehead atoms. The van der Waals surface area contributed by atoms with Crippen molar-refractivity contribution < 1.29 is 13.2 Å². The third-order valence-corrected chi connectivity index (χ3v) is 3.72. The van der Waals surface area contributed by atoms with Gasteiger partial charge in [0.25, 0.3) is 0 Å². The number of hydrogen-bond donors (Lipinski definition) is 2. The molecule has 2 aromatic rings. The van der Waals surface area contributed by atoms with Gasteiger partial charge in [0, 0.05) is 12.7 Å². The number of nitrogens with one attached hydrogen (secondary N) is 2. The van der Waals surface area contributed by atoms with E-state index in [4.69, 9.17) is 0 Å². The number of rotatable bonds is 4. The lowest BCUT2D eigenvalue weighted by Crippen LogP contribution is -2.07. The van der Waals surface area contributed by atoms with Crippen molar-refractivity contribution in [3.05, 3.63) is 71.8 Å². The zero-order chi connectivity index (χ0) is 19.9. The molecule has 2 rings (SSSR count). The summed E-state index contributed by atoms with van der Waals surface area (Å²) in [6.07, 6.45) is -2.71. The van der Waals surface area contributed by atoms with Crippen LogP contribution < -0.4 is 10.6 Å². The molecule has 0 amide bonds. The average molecular weight is 362 g/mol. The summed E-state index contributed by atoms with van der Waals surface area (Å²) < 4.78 is 39.3. The number of hydrogen-bond acceptors (Lipinski definition) is 2. The van der Waals surface area contributed by atoms with Crippen LogP contribution in [0.15, 0.2) is 49.6 Å². The molecule has 0 spiro atoms. The van der Waals surface area contributed by atoms with Gasteiger partial charge in [0.05, 0.1) is 5.56 Å². The molecule has 0 saturated carbocycles. The standard InChI is InChI=1S/C19H18F3N.C2H7N/c1-5-14-8-16(13(3)23-4)10-17(9-14)15-7-6-12(2)18(11-15)19(20,21)22;1-3-2/h5-11,23H,1,3H2,2,4H3;3H,1-2H3. The lowest BCUT2D eigenvalue weighted by atomic mass is 9.95. The molecule has 5 heteroatoms. The molecule has 0 aromatic heterocycles. The maximum atomic E-state index is 13.1. The molecule has 2 aromatic carbocycles. The van der Waals surface area contributed by atoms with Crippen LogP contribution in [0.25, 0.3) is 22.9 Å². The fourth-order valence-electron chi connectivity index (χ4n) is 2.36. The molecular formula is C21H25F3N2. The van der Waals surface area contributed by atoms with Gasteiger partial charge in [0.15, 0.2) is 0 Å². The predicted octanol–water partition coefficient (Wildman–Crippen LogP) is 5.35. The summed E-state index contributed by atoms with van der Waals surface area (Å²) in [6.45, 7) is 9.09. The number of benzene rings is 2. The van der Waals surface area contributed by atoms with Gasteiger partial charge in [-0.2, -0.15) is 13.2 Å². The van der Waals surface area contributed by atoms with Crippen molar-refractivity contribution in [3.63, 3.8) is 0 Å². The minimum Gasteiger partial charge on any atom is -0.388 e. The zero-order valence-electron chi connectivity index (χ0n) is 15.6. The lowest BCUT2D eigenvalue weighted by Gasteiger charge is -2.14. The van der Waals surface area contributed by atoms with Gasteiger partial charge in [-0.25, -0.2) is 0 Å². The van der Waals surface area contributed by atoms with Crippen molar-refractivity contribution in [1.29, 1.82) is 0 Å². The Kier molecular flexibility index (Phi) is 7.65. The second-order valence-electron chi connectivity index (χ2n) is 5.80. The van der Waals surface area contributed by atoms with E-state index in [1.54, 1.807) is 19.2 Å². The van der Waals surface area contributed by atoms with Gasteiger partial charge >= 0.3 is 6.18 Å². The largest absolute Gasteiger partial charge is 0.416 e. The van der Waals surface area contributed by atoms with Crippen LogP contribution in [0.4, 0.5) is 13.2 Å². The van der Waals surface area contributed by atoms with Crippen LogP contribution in [-0.4, -0.2) is 21.1 Å². The molecule has 0 unspecified atom stereocenters. The third kappa shape index (κ3) is 5.49. The highest BCUT2D eigenvalue weighted by Crippen LogP contribution is 2.35. The van der Waals surface area contributed by atoms with Crippen LogP contribution >= 0.6 is 0 Å². The lowest BCUT2D eigenvalue weighted by molar-refractivity contribution is -0.138. The van der Waals surface area contributed by atoms with E-state index >= 15 is 0 Å². The van der Waals surface area contributed by atoms with Crippen LogP contribution in [0.5, 0.6) is 0 Å². The maximum Gasteiger partial charge on any atom is 0.416 e. The molecule has 0 aliphatic rings. The van der Waals surface area contributed by atoms with Crippen molar-refractivity contribution in [2.24, 2.45) is 0 Å². The van der Waals surface area contributed by atoms with Crippen LogP contribution in [-0.2, 0) is 6.18 Å². The van der Waals surface area contributed by atoms with Crippen molar-refractivity contribution in [2.75, 3.05) is 21.1 Å². The smallest absolute Gasteiger partial charge is 0.388 e. The van der Waals surface area contributed by atoms with Gasteiger partial charge in [0.2, 0.25) is 0 Å². The van der Waals surface area contributed by atoms with E-state index in [1.807, 2.05) is 32.3 Å². The Morgan fingerprint density at radius 1 is 1.00 bits per heavy atom. The van der Waals surface area contributed by atoms with Crippen LogP contribution in [0, 0.1) is 6.92 Å².